The van der Waals surface area contributed by atoms with Crippen molar-refractivity contribution in [1.82, 2.24) is 19.8 Å². The summed E-state index contributed by atoms with van der Waals surface area (Å²) >= 11 is 0. The first-order valence-electron chi connectivity index (χ1n) is 10.5. The smallest absolute Gasteiger partial charge is 0.333 e. The van der Waals surface area contributed by atoms with Crippen LogP contribution < -0.4 is 21.3 Å². The highest BCUT2D eigenvalue weighted by atomic mass is 16.5. The molecule has 0 saturated carbocycles. The molecule has 3 aromatic rings. The molecule has 0 bridgehead atoms. The molecule has 0 aliphatic carbocycles. The van der Waals surface area contributed by atoms with Crippen LogP contribution in [0.4, 0.5) is 0 Å². The van der Waals surface area contributed by atoms with Gasteiger partial charge in [0.1, 0.15) is 5.75 Å². The van der Waals surface area contributed by atoms with E-state index in [0.29, 0.717) is 34.4 Å². The molecule has 1 aliphatic heterocycles. The molecule has 1 fully saturated rings. The number of hydrogen-bond acceptors (Lipinski definition) is 5. The Balaban J connectivity index is 1.53. The second-order valence-corrected chi connectivity index (χ2v) is 7.69. The second kappa shape index (κ2) is 9.18. The number of methoxy groups -OCH3 is 1. The number of carbonyl (C=O) groups excluding carboxylic acids is 1. The fourth-order valence-electron chi connectivity index (χ4n) is 3.96. The molecule has 31 heavy (non-hydrogen) atoms. The molecule has 1 aliphatic rings. The molecule has 1 saturated heterocycles. The highest BCUT2D eigenvalue weighted by molar-refractivity contribution is 5.97. The molecule has 4 rings (SSSR count). The second-order valence-electron chi connectivity index (χ2n) is 7.69. The van der Waals surface area contributed by atoms with Crippen LogP contribution in [0, 0.1) is 0 Å². The van der Waals surface area contributed by atoms with E-state index in [1.54, 1.807) is 42.5 Å². The van der Waals surface area contributed by atoms with Gasteiger partial charge >= 0.3 is 5.69 Å². The van der Waals surface area contributed by atoms with E-state index in [4.69, 9.17) is 4.74 Å². The van der Waals surface area contributed by atoms with Gasteiger partial charge in [0.2, 0.25) is 0 Å². The number of nitrogens with one attached hydrogen (secondary N) is 2. The molecule has 0 atom stereocenters. The summed E-state index contributed by atoms with van der Waals surface area (Å²) in [5.41, 5.74) is 0.118. The number of amides is 1. The van der Waals surface area contributed by atoms with E-state index in [1.165, 1.54) is 20.0 Å². The molecule has 2 aromatic carbocycles. The Morgan fingerprint density at radius 1 is 1.13 bits per heavy atom. The van der Waals surface area contributed by atoms with Gasteiger partial charge < -0.3 is 19.9 Å². The number of aromatic amines is 1. The van der Waals surface area contributed by atoms with Gasteiger partial charge in [0, 0.05) is 18.2 Å². The van der Waals surface area contributed by atoms with Gasteiger partial charge in [0.15, 0.2) is 0 Å². The van der Waals surface area contributed by atoms with Gasteiger partial charge in [-0.2, -0.15) is 0 Å². The minimum absolute atomic E-state index is 0.221. The Morgan fingerprint density at radius 2 is 1.94 bits per heavy atom. The predicted octanol–water partition coefficient (Wildman–Crippen LogP) is 1.90. The molecule has 1 aromatic heterocycles. The fourth-order valence-corrected chi connectivity index (χ4v) is 3.96. The molecule has 0 unspecified atom stereocenters. The summed E-state index contributed by atoms with van der Waals surface area (Å²) in [4.78, 5) is 43.2. The van der Waals surface area contributed by atoms with Gasteiger partial charge in [-0.15, -0.1) is 0 Å². The SMILES string of the molecule is COc1cccc(-n2c(=O)[nH]c3cc(C(=O)NCCCN4CCCC4)ccc3c2=O)c1. The van der Waals surface area contributed by atoms with Crippen LogP contribution in [0.15, 0.2) is 52.1 Å². The van der Waals surface area contributed by atoms with E-state index >= 15 is 0 Å². The van der Waals surface area contributed by atoms with Crippen molar-refractivity contribution in [2.24, 2.45) is 0 Å². The number of likely N-dealkylation sites (tertiary alicyclic amines) is 1. The first-order valence-corrected chi connectivity index (χ1v) is 10.5. The molecule has 0 spiro atoms. The maximum absolute atomic E-state index is 13.0. The van der Waals surface area contributed by atoms with Crippen LogP contribution in [0.3, 0.4) is 0 Å². The first-order chi connectivity index (χ1) is 15.1. The van der Waals surface area contributed by atoms with Gasteiger partial charge in [-0.25, -0.2) is 9.36 Å². The topological polar surface area (TPSA) is 96.4 Å². The number of hydrogen-bond donors (Lipinski definition) is 2. The van der Waals surface area contributed by atoms with Crippen LogP contribution >= 0.6 is 0 Å². The Hall–Kier alpha value is -3.39. The molecule has 1 amide bonds. The summed E-state index contributed by atoms with van der Waals surface area (Å²) in [6.07, 6.45) is 3.39. The van der Waals surface area contributed by atoms with E-state index in [0.717, 1.165) is 30.6 Å². The lowest BCUT2D eigenvalue weighted by atomic mass is 10.1. The van der Waals surface area contributed by atoms with Crippen molar-refractivity contribution in [2.75, 3.05) is 33.3 Å². The fraction of sp³-hybridized carbons (Fsp3) is 0.348. The lowest BCUT2D eigenvalue weighted by Crippen LogP contribution is -2.34. The summed E-state index contributed by atoms with van der Waals surface area (Å²) < 4.78 is 6.24. The summed E-state index contributed by atoms with van der Waals surface area (Å²) in [5.74, 6) is 0.321. The van der Waals surface area contributed by atoms with Crippen LogP contribution in [0.5, 0.6) is 5.75 Å². The van der Waals surface area contributed by atoms with Crippen molar-refractivity contribution in [1.29, 1.82) is 0 Å². The van der Waals surface area contributed by atoms with E-state index in [2.05, 4.69) is 15.2 Å². The maximum atomic E-state index is 13.0. The average Bonchev–Trinajstić information content (AvgIpc) is 3.30. The third-order valence-electron chi connectivity index (χ3n) is 5.61. The van der Waals surface area contributed by atoms with Crippen molar-refractivity contribution < 1.29 is 9.53 Å². The molecule has 2 N–H and O–H groups in total. The van der Waals surface area contributed by atoms with E-state index in [-0.39, 0.29) is 5.91 Å². The summed E-state index contributed by atoms with van der Waals surface area (Å²) in [7, 11) is 1.52. The molecule has 162 valence electrons. The maximum Gasteiger partial charge on any atom is 0.333 e. The highest BCUT2D eigenvalue weighted by Crippen LogP contribution is 2.15. The zero-order valence-corrected chi connectivity index (χ0v) is 17.5. The van der Waals surface area contributed by atoms with Gasteiger partial charge in [-0.1, -0.05) is 6.07 Å². The Bertz CT molecular complexity index is 1210. The van der Waals surface area contributed by atoms with Crippen LogP contribution in [-0.4, -0.2) is 53.6 Å². The number of benzene rings is 2. The third kappa shape index (κ3) is 4.54. The highest BCUT2D eigenvalue weighted by Gasteiger charge is 2.14. The van der Waals surface area contributed by atoms with Crippen LogP contribution in [0.25, 0.3) is 16.6 Å². The number of rotatable bonds is 7. The summed E-state index contributed by atoms with van der Waals surface area (Å²) in [6, 6.07) is 11.4. The molecular weight excluding hydrogens is 396 g/mol. The number of H-pyrrole nitrogens is 1. The van der Waals surface area contributed by atoms with Crippen LogP contribution in [0.2, 0.25) is 0 Å². The molecule has 8 nitrogen and oxygen atoms in total. The first kappa shape index (κ1) is 20.9. The predicted molar refractivity (Wildman–Crippen MR) is 119 cm³/mol. The summed E-state index contributed by atoms with van der Waals surface area (Å²) in [6.45, 7) is 3.84. The Labute approximate surface area is 179 Å². The zero-order valence-electron chi connectivity index (χ0n) is 17.5. The Kier molecular flexibility index (Phi) is 6.18. The molecule has 8 heteroatoms. The number of nitrogens with zero attached hydrogens (tertiary/aromatic N) is 2. The quantitative estimate of drug-likeness (QED) is 0.567. The van der Waals surface area contributed by atoms with Gasteiger partial charge in [0.25, 0.3) is 11.5 Å². The number of carbonyl (C=O) groups is 1. The van der Waals surface area contributed by atoms with Crippen molar-refractivity contribution in [2.45, 2.75) is 19.3 Å². The van der Waals surface area contributed by atoms with Crippen molar-refractivity contribution in [3.05, 3.63) is 68.9 Å². The van der Waals surface area contributed by atoms with Crippen LogP contribution in [-0.2, 0) is 0 Å². The Morgan fingerprint density at radius 3 is 2.71 bits per heavy atom. The minimum atomic E-state index is -0.575. The number of fused-ring (bicyclic) bond motifs is 1. The standard InChI is InChI=1S/C23H26N4O4/c1-31-18-7-4-6-17(15-18)27-22(29)19-9-8-16(14-20(19)25-23(27)30)21(28)24-10-5-13-26-11-2-3-12-26/h4,6-9,14-15H,2-3,5,10-13H2,1H3,(H,24,28)(H,25,30). The molecule has 2 heterocycles. The number of aromatic nitrogens is 2. The van der Waals surface area contributed by atoms with Crippen molar-refractivity contribution in [3.8, 4) is 11.4 Å². The number of ether oxygens (including phenoxy) is 1. The minimum Gasteiger partial charge on any atom is -0.497 e. The average molecular weight is 422 g/mol. The lowest BCUT2D eigenvalue weighted by Gasteiger charge is -2.14. The third-order valence-corrected chi connectivity index (χ3v) is 5.61. The molecular formula is C23H26N4O4. The van der Waals surface area contributed by atoms with E-state index < -0.39 is 11.2 Å². The zero-order chi connectivity index (χ0) is 21.8. The van der Waals surface area contributed by atoms with Gasteiger partial charge in [0.05, 0.1) is 23.7 Å². The lowest BCUT2D eigenvalue weighted by molar-refractivity contribution is 0.0952. The van der Waals surface area contributed by atoms with Crippen LogP contribution in [0.1, 0.15) is 29.6 Å². The molecule has 0 radical (unpaired) electrons. The van der Waals surface area contributed by atoms with E-state index in [1.807, 2.05) is 0 Å². The largest absolute Gasteiger partial charge is 0.497 e. The van der Waals surface area contributed by atoms with Gasteiger partial charge in [-0.05, 0) is 69.2 Å². The monoisotopic (exact) mass is 422 g/mol. The van der Waals surface area contributed by atoms with Crippen molar-refractivity contribution in [3.63, 3.8) is 0 Å². The van der Waals surface area contributed by atoms with Crippen molar-refractivity contribution >= 4 is 16.8 Å². The normalized spacial score (nSPS) is 14.1. The summed E-state index contributed by atoms with van der Waals surface area (Å²) in [5, 5.41) is 3.24. The van der Waals surface area contributed by atoms with E-state index in [9.17, 15) is 14.4 Å². The van der Waals surface area contributed by atoms with Gasteiger partial charge in [-0.3, -0.25) is 9.59 Å².